The third kappa shape index (κ3) is 18.2. The van der Waals surface area contributed by atoms with Crippen LogP contribution in [0.4, 0.5) is 0 Å². The third-order valence-corrected chi connectivity index (χ3v) is 1.20. The van der Waals surface area contributed by atoms with Gasteiger partial charge in [-0.3, -0.25) is 9.59 Å². The number of rotatable bonds is 1. The second kappa shape index (κ2) is 13.4. The van der Waals surface area contributed by atoms with E-state index in [1.807, 2.05) is 12.1 Å². The molecule has 1 heterocycles. The molecule has 1 aromatic heterocycles. The van der Waals surface area contributed by atoms with Gasteiger partial charge in [-0.15, -0.1) is 0 Å². The van der Waals surface area contributed by atoms with Gasteiger partial charge in [-0.05, 0) is 19.1 Å². The average Bonchev–Trinajstić information content (AvgIpc) is 2.20. The topological polar surface area (TPSA) is 76.5 Å². The Kier molecular flexibility index (Phi) is 14.0. The van der Waals surface area contributed by atoms with Crippen LogP contribution in [0, 0.1) is 0 Å². The van der Waals surface area contributed by atoms with Crippen LogP contribution < -0.4 is 0 Å². The van der Waals surface area contributed by atoms with Gasteiger partial charge in [-0.25, -0.2) is 4.98 Å². The Morgan fingerprint density at radius 3 is 2.31 bits per heavy atom. The number of pyridine rings is 1. The van der Waals surface area contributed by atoms with Crippen LogP contribution in [0.15, 0.2) is 24.4 Å². The Morgan fingerprint density at radius 2 is 2.19 bits per heavy atom. The van der Waals surface area contributed by atoms with Crippen molar-refractivity contribution in [1.82, 2.24) is 4.98 Å². The van der Waals surface area contributed by atoms with E-state index in [0.717, 1.165) is 0 Å². The number of nitrogens with zero attached hydrogens (tertiary/aromatic N) is 1. The molecule has 0 aromatic carbocycles. The lowest BCUT2D eigenvalue weighted by molar-refractivity contribution is -0.140. The van der Waals surface area contributed by atoms with E-state index in [2.05, 4.69) is 9.72 Å². The van der Waals surface area contributed by atoms with Crippen molar-refractivity contribution in [3.63, 3.8) is 0 Å². The highest BCUT2D eigenvalue weighted by Crippen LogP contribution is 1.98. The van der Waals surface area contributed by atoms with Crippen LogP contribution in [0.2, 0.25) is 5.15 Å². The number of esters is 1. The zero-order chi connectivity index (χ0) is 12.8. The summed E-state index contributed by atoms with van der Waals surface area (Å²) in [6.07, 6.45) is 1.66. The summed E-state index contributed by atoms with van der Waals surface area (Å²) in [7, 11) is 0. The number of aromatic nitrogens is 1. The first kappa shape index (κ1) is 16.8. The van der Waals surface area contributed by atoms with Gasteiger partial charge in [0.15, 0.2) is 0 Å². The number of carbonyl (C=O) groups excluding carboxylic acids is 1. The molecule has 0 spiro atoms. The quantitative estimate of drug-likeness (QED) is 0.467. The Morgan fingerprint density at radius 1 is 1.62 bits per heavy atom. The molecule has 1 rings (SSSR count). The smallest absolute Gasteiger partial charge is 0.302 e. The van der Waals surface area contributed by atoms with Gasteiger partial charge in [0.25, 0.3) is 6.47 Å². The molecule has 0 radical (unpaired) electrons. The number of ether oxygens (including phenoxy) is 1. The minimum Gasteiger partial charge on any atom is -0.483 e. The van der Waals surface area contributed by atoms with E-state index >= 15 is 0 Å². The molecule has 0 bridgehead atoms. The van der Waals surface area contributed by atoms with E-state index in [0.29, 0.717) is 11.8 Å². The monoisotopic (exact) mass is 247 g/mol. The van der Waals surface area contributed by atoms with Crippen LogP contribution in [0.1, 0.15) is 13.8 Å². The molecule has 0 atom stereocenters. The molecule has 0 fully saturated rings. The van der Waals surface area contributed by atoms with Crippen LogP contribution in [0.3, 0.4) is 0 Å². The Hall–Kier alpha value is -1.62. The molecule has 16 heavy (non-hydrogen) atoms. The summed E-state index contributed by atoms with van der Waals surface area (Å²) in [4.78, 5) is 21.9. The predicted octanol–water partition coefficient (Wildman–Crippen LogP) is 2.01. The zero-order valence-corrected chi connectivity index (χ0v) is 9.85. The Bertz CT molecular complexity index is 279. The van der Waals surface area contributed by atoms with E-state index in [1.54, 1.807) is 19.2 Å². The normalized spacial score (nSPS) is 7.44. The van der Waals surface area contributed by atoms with Crippen molar-refractivity contribution in [2.75, 3.05) is 6.61 Å². The first-order chi connectivity index (χ1) is 7.58. The predicted molar refractivity (Wildman–Crippen MR) is 60.2 cm³/mol. The zero-order valence-electron chi connectivity index (χ0n) is 9.09. The maximum absolute atomic E-state index is 9.82. The highest BCUT2D eigenvalue weighted by Gasteiger charge is 1.81. The molecule has 6 heteroatoms. The molecular formula is C10H14ClNO4. The molecular weight excluding hydrogens is 234 g/mol. The summed E-state index contributed by atoms with van der Waals surface area (Å²) in [5.74, 6) is -0.211. The van der Waals surface area contributed by atoms with Gasteiger partial charge >= 0.3 is 5.97 Å². The average molecular weight is 248 g/mol. The molecule has 1 N–H and O–H groups in total. The molecule has 0 aliphatic carbocycles. The summed E-state index contributed by atoms with van der Waals surface area (Å²) < 4.78 is 4.40. The van der Waals surface area contributed by atoms with Crippen molar-refractivity contribution in [1.29, 1.82) is 0 Å². The lowest BCUT2D eigenvalue weighted by Crippen LogP contribution is -1.95. The van der Waals surface area contributed by atoms with Crippen LogP contribution in [0.25, 0.3) is 0 Å². The van der Waals surface area contributed by atoms with Crippen molar-refractivity contribution < 1.29 is 19.4 Å². The molecule has 0 amide bonds. The van der Waals surface area contributed by atoms with E-state index in [1.165, 1.54) is 6.92 Å². The summed E-state index contributed by atoms with van der Waals surface area (Å²) in [6, 6.07) is 5.41. The van der Waals surface area contributed by atoms with Crippen LogP contribution in [0.5, 0.6) is 0 Å². The van der Waals surface area contributed by atoms with Crippen LogP contribution in [-0.2, 0) is 14.3 Å². The molecule has 0 aliphatic heterocycles. The molecule has 1 aromatic rings. The number of carbonyl (C=O) groups is 2. The first-order valence-electron chi connectivity index (χ1n) is 4.36. The van der Waals surface area contributed by atoms with Crippen LogP contribution in [-0.4, -0.2) is 29.1 Å². The lowest BCUT2D eigenvalue weighted by Gasteiger charge is -1.89. The molecule has 90 valence electrons. The van der Waals surface area contributed by atoms with Gasteiger partial charge in [0.1, 0.15) is 5.15 Å². The molecule has 0 saturated heterocycles. The van der Waals surface area contributed by atoms with E-state index in [4.69, 9.17) is 21.5 Å². The van der Waals surface area contributed by atoms with E-state index < -0.39 is 0 Å². The fourth-order valence-electron chi connectivity index (χ4n) is 0.545. The highest BCUT2D eigenvalue weighted by molar-refractivity contribution is 6.29. The van der Waals surface area contributed by atoms with Gasteiger partial charge in [-0.1, -0.05) is 17.7 Å². The summed E-state index contributed by atoms with van der Waals surface area (Å²) in [5, 5.41) is 7.43. The molecule has 0 saturated carbocycles. The maximum atomic E-state index is 9.82. The van der Waals surface area contributed by atoms with Gasteiger partial charge < -0.3 is 9.84 Å². The summed E-state index contributed by atoms with van der Waals surface area (Å²) >= 11 is 5.43. The number of halogens is 1. The first-order valence-corrected chi connectivity index (χ1v) is 4.74. The van der Waals surface area contributed by atoms with E-state index in [9.17, 15) is 4.79 Å². The second-order valence-corrected chi connectivity index (χ2v) is 2.57. The fraction of sp³-hybridized carbons (Fsp3) is 0.300. The van der Waals surface area contributed by atoms with Crippen LogP contribution >= 0.6 is 11.6 Å². The summed E-state index contributed by atoms with van der Waals surface area (Å²) in [5.41, 5.74) is 0. The van der Waals surface area contributed by atoms with Crippen molar-refractivity contribution in [3.8, 4) is 0 Å². The SMILES string of the molecule is CCOC(C)=O.Clc1ccccn1.O=CO. The number of carboxylic acid groups (broad SMARTS) is 1. The van der Waals surface area contributed by atoms with E-state index in [-0.39, 0.29) is 12.4 Å². The minimum atomic E-state index is -0.250. The maximum Gasteiger partial charge on any atom is 0.302 e. The fourth-order valence-corrected chi connectivity index (χ4v) is 0.674. The Balaban J connectivity index is 0. The second-order valence-electron chi connectivity index (χ2n) is 2.18. The molecule has 0 aliphatic rings. The number of hydrogen-bond acceptors (Lipinski definition) is 4. The van der Waals surface area contributed by atoms with Crippen molar-refractivity contribution in [2.45, 2.75) is 13.8 Å². The van der Waals surface area contributed by atoms with Crippen molar-refractivity contribution in [3.05, 3.63) is 29.5 Å². The third-order valence-electron chi connectivity index (χ3n) is 0.976. The van der Waals surface area contributed by atoms with Crippen molar-refractivity contribution >= 4 is 24.0 Å². The van der Waals surface area contributed by atoms with Gasteiger partial charge in [0.05, 0.1) is 6.61 Å². The molecule has 0 unspecified atom stereocenters. The lowest BCUT2D eigenvalue weighted by atomic mass is 10.5. The molecule has 5 nitrogen and oxygen atoms in total. The highest BCUT2D eigenvalue weighted by atomic mass is 35.5. The summed E-state index contributed by atoms with van der Waals surface area (Å²) in [6.45, 7) is 3.40. The standard InChI is InChI=1S/C5H4ClN.C4H8O2.CH2O2/c6-5-3-1-2-4-7-5;1-3-6-4(2)5;2-1-3/h1-4H;3H2,1-2H3;1H,(H,2,3). The van der Waals surface area contributed by atoms with Gasteiger partial charge in [-0.2, -0.15) is 0 Å². The van der Waals surface area contributed by atoms with Gasteiger partial charge in [0, 0.05) is 13.1 Å². The Labute approximate surface area is 99.0 Å². The largest absolute Gasteiger partial charge is 0.483 e. The van der Waals surface area contributed by atoms with Crippen molar-refractivity contribution in [2.24, 2.45) is 0 Å². The number of hydrogen-bond donors (Lipinski definition) is 1. The minimum absolute atomic E-state index is 0.211. The van der Waals surface area contributed by atoms with Gasteiger partial charge in [0.2, 0.25) is 0 Å².